The molecule has 2 atom stereocenters. The van der Waals surface area contributed by atoms with Gasteiger partial charge in [0.25, 0.3) is 0 Å². The van der Waals surface area contributed by atoms with Crippen LogP contribution < -0.4 is 4.90 Å². The summed E-state index contributed by atoms with van der Waals surface area (Å²) in [5.74, 6) is -0.951. The molecule has 1 aromatic carbocycles. The number of carbonyl (C=O) groups is 3. The fourth-order valence-electron chi connectivity index (χ4n) is 3.25. The van der Waals surface area contributed by atoms with E-state index in [4.69, 9.17) is 0 Å². The summed E-state index contributed by atoms with van der Waals surface area (Å²) < 4.78 is 0. The number of nitrogens with zero attached hydrogens (tertiary/aromatic N) is 1. The minimum absolute atomic E-state index is 0.150. The summed E-state index contributed by atoms with van der Waals surface area (Å²) in [5, 5.41) is 0. The topological polar surface area (TPSA) is 54.5 Å². The standard InChI is InChI=1S/C16H17NO3/c18-14-9-5-4-8-12(14)13-10-15(19)17(16(13)20)11-6-2-1-3-7-11/h1-3,6-7,12-13H,4-5,8-10H2/t12-,13+/m0/s1. The van der Waals surface area contributed by atoms with Gasteiger partial charge in [0.05, 0.1) is 11.6 Å². The number of ketones is 1. The molecular weight excluding hydrogens is 254 g/mol. The van der Waals surface area contributed by atoms with Crippen molar-refractivity contribution in [2.24, 2.45) is 11.8 Å². The number of anilines is 1. The van der Waals surface area contributed by atoms with Gasteiger partial charge in [-0.1, -0.05) is 24.6 Å². The van der Waals surface area contributed by atoms with Crippen LogP contribution in [0, 0.1) is 11.8 Å². The van der Waals surface area contributed by atoms with Crippen LogP contribution in [0.4, 0.5) is 5.69 Å². The van der Waals surface area contributed by atoms with Crippen LogP contribution in [-0.4, -0.2) is 17.6 Å². The van der Waals surface area contributed by atoms with Crippen molar-refractivity contribution in [2.75, 3.05) is 4.90 Å². The summed E-state index contributed by atoms with van der Waals surface area (Å²) in [6, 6.07) is 8.95. The number of carbonyl (C=O) groups excluding carboxylic acids is 3. The van der Waals surface area contributed by atoms with Crippen LogP contribution in [0.1, 0.15) is 32.1 Å². The van der Waals surface area contributed by atoms with Crippen molar-refractivity contribution < 1.29 is 14.4 Å². The molecule has 2 fully saturated rings. The molecule has 104 valence electrons. The Hall–Kier alpha value is -1.97. The van der Waals surface area contributed by atoms with Crippen LogP contribution in [0.15, 0.2) is 30.3 Å². The number of benzene rings is 1. The first-order chi connectivity index (χ1) is 9.68. The molecule has 2 aliphatic rings. The summed E-state index contributed by atoms with van der Waals surface area (Å²) in [5.41, 5.74) is 0.605. The molecule has 0 unspecified atom stereocenters. The largest absolute Gasteiger partial charge is 0.299 e. The summed E-state index contributed by atoms with van der Waals surface area (Å²) in [4.78, 5) is 37.9. The molecule has 4 nitrogen and oxygen atoms in total. The van der Waals surface area contributed by atoms with E-state index in [2.05, 4.69) is 0 Å². The first kappa shape index (κ1) is 13.0. The van der Waals surface area contributed by atoms with Gasteiger partial charge in [0.2, 0.25) is 11.8 Å². The van der Waals surface area contributed by atoms with E-state index < -0.39 is 5.92 Å². The average Bonchev–Trinajstić information content (AvgIpc) is 2.75. The third kappa shape index (κ3) is 2.15. The second-order valence-electron chi connectivity index (χ2n) is 5.53. The molecule has 1 heterocycles. The maximum Gasteiger partial charge on any atom is 0.238 e. The Balaban J connectivity index is 1.85. The number of hydrogen-bond acceptors (Lipinski definition) is 3. The Morgan fingerprint density at radius 1 is 0.950 bits per heavy atom. The highest BCUT2D eigenvalue weighted by Crippen LogP contribution is 2.36. The minimum Gasteiger partial charge on any atom is -0.299 e. The highest BCUT2D eigenvalue weighted by atomic mass is 16.2. The van der Waals surface area contributed by atoms with E-state index in [-0.39, 0.29) is 29.9 Å². The van der Waals surface area contributed by atoms with Crippen LogP contribution in [0.2, 0.25) is 0 Å². The van der Waals surface area contributed by atoms with Crippen LogP contribution in [0.25, 0.3) is 0 Å². The number of para-hydroxylation sites is 1. The third-order valence-electron chi connectivity index (χ3n) is 4.28. The second-order valence-corrected chi connectivity index (χ2v) is 5.53. The first-order valence-corrected chi connectivity index (χ1v) is 7.13. The van der Waals surface area contributed by atoms with E-state index in [9.17, 15) is 14.4 Å². The zero-order chi connectivity index (χ0) is 14.1. The summed E-state index contributed by atoms with van der Waals surface area (Å²) in [6.45, 7) is 0. The smallest absolute Gasteiger partial charge is 0.238 e. The Morgan fingerprint density at radius 3 is 2.40 bits per heavy atom. The Labute approximate surface area is 117 Å². The molecule has 2 amide bonds. The molecule has 0 bridgehead atoms. The van der Waals surface area contributed by atoms with E-state index in [0.29, 0.717) is 12.1 Å². The minimum atomic E-state index is -0.449. The second kappa shape index (κ2) is 5.19. The Bertz CT molecular complexity index is 552. The van der Waals surface area contributed by atoms with Crippen molar-refractivity contribution in [1.82, 2.24) is 0 Å². The van der Waals surface area contributed by atoms with E-state index in [1.807, 2.05) is 6.07 Å². The van der Waals surface area contributed by atoms with Gasteiger partial charge in [-0.3, -0.25) is 19.3 Å². The van der Waals surface area contributed by atoms with E-state index >= 15 is 0 Å². The zero-order valence-corrected chi connectivity index (χ0v) is 11.2. The lowest BCUT2D eigenvalue weighted by molar-refractivity contribution is -0.132. The van der Waals surface area contributed by atoms with Gasteiger partial charge in [0, 0.05) is 18.8 Å². The molecule has 0 N–H and O–H groups in total. The molecule has 1 aliphatic carbocycles. The van der Waals surface area contributed by atoms with Crippen LogP contribution in [0.3, 0.4) is 0 Å². The molecule has 1 saturated carbocycles. The number of hydrogen-bond donors (Lipinski definition) is 0. The molecule has 1 saturated heterocycles. The maximum atomic E-state index is 12.5. The predicted octanol–water partition coefficient (Wildman–Crippen LogP) is 2.33. The third-order valence-corrected chi connectivity index (χ3v) is 4.28. The molecule has 3 rings (SSSR count). The summed E-state index contributed by atoms with van der Waals surface area (Å²) >= 11 is 0. The highest BCUT2D eigenvalue weighted by molar-refractivity contribution is 6.21. The van der Waals surface area contributed by atoms with Gasteiger partial charge in [-0.15, -0.1) is 0 Å². The number of amides is 2. The SMILES string of the molecule is O=C1CCCC[C@H]1[C@H]1CC(=O)N(c2ccccc2)C1=O. The van der Waals surface area contributed by atoms with Crippen LogP contribution in [-0.2, 0) is 14.4 Å². The number of Topliss-reactive ketones (excluding diaryl/α,β-unsaturated/α-hetero) is 1. The molecule has 0 aromatic heterocycles. The average molecular weight is 271 g/mol. The van der Waals surface area contributed by atoms with Gasteiger partial charge in [-0.05, 0) is 25.0 Å². The Kier molecular flexibility index (Phi) is 3.38. The lowest BCUT2D eigenvalue weighted by Crippen LogP contribution is -2.35. The van der Waals surface area contributed by atoms with Gasteiger partial charge in [-0.2, -0.15) is 0 Å². The van der Waals surface area contributed by atoms with Crippen molar-refractivity contribution in [3.63, 3.8) is 0 Å². The highest BCUT2D eigenvalue weighted by Gasteiger charge is 2.45. The quantitative estimate of drug-likeness (QED) is 0.776. The Morgan fingerprint density at radius 2 is 1.70 bits per heavy atom. The summed E-state index contributed by atoms with van der Waals surface area (Å²) in [7, 11) is 0. The molecule has 0 spiro atoms. The fourth-order valence-corrected chi connectivity index (χ4v) is 3.25. The van der Waals surface area contributed by atoms with Gasteiger partial charge in [-0.25, -0.2) is 0 Å². The van der Waals surface area contributed by atoms with Crippen LogP contribution >= 0.6 is 0 Å². The number of imide groups is 1. The molecule has 20 heavy (non-hydrogen) atoms. The van der Waals surface area contributed by atoms with Crippen molar-refractivity contribution in [1.29, 1.82) is 0 Å². The molecule has 0 radical (unpaired) electrons. The van der Waals surface area contributed by atoms with Gasteiger partial charge < -0.3 is 0 Å². The van der Waals surface area contributed by atoms with Gasteiger partial charge in [0.15, 0.2) is 0 Å². The van der Waals surface area contributed by atoms with E-state index in [1.54, 1.807) is 24.3 Å². The molecule has 4 heteroatoms. The number of rotatable bonds is 2. The lowest BCUT2D eigenvalue weighted by Gasteiger charge is -2.24. The normalized spacial score (nSPS) is 27.2. The van der Waals surface area contributed by atoms with Crippen molar-refractivity contribution in [3.05, 3.63) is 30.3 Å². The summed E-state index contributed by atoms with van der Waals surface area (Å²) in [6.07, 6.45) is 3.34. The fraction of sp³-hybridized carbons (Fsp3) is 0.438. The van der Waals surface area contributed by atoms with Crippen molar-refractivity contribution >= 4 is 23.3 Å². The van der Waals surface area contributed by atoms with Crippen molar-refractivity contribution in [3.8, 4) is 0 Å². The van der Waals surface area contributed by atoms with Gasteiger partial charge in [0.1, 0.15) is 5.78 Å². The molecule has 1 aliphatic heterocycles. The van der Waals surface area contributed by atoms with E-state index in [0.717, 1.165) is 19.3 Å². The van der Waals surface area contributed by atoms with Gasteiger partial charge >= 0.3 is 0 Å². The zero-order valence-electron chi connectivity index (χ0n) is 11.2. The maximum absolute atomic E-state index is 12.5. The lowest BCUT2D eigenvalue weighted by atomic mass is 9.78. The van der Waals surface area contributed by atoms with Crippen molar-refractivity contribution in [2.45, 2.75) is 32.1 Å². The van der Waals surface area contributed by atoms with Crippen LogP contribution in [0.5, 0.6) is 0 Å². The monoisotopic (exact) mass is 271 g/mol. The predicted molar refractivity (Wildman–Crippen MR) is 74.0 cm³/mol. The molecular formula is C16H17NO3. The molecule has 1 aromatic rings. The first-order valence-electron chi connectivity index (χ1n) is 7.13. The van der Waals surface area contributed by atoms with E-state index in [1.165, 1.54) is 4.90 Å².